The maximum Gasteiger partial charge on any atom is 0.124 e. The Hall–Kier alpha value is -2.19. The van der Waals surface area contributed by atoms with E-state index in [1.807, 2.05) is 38.1 Å². The summed E-state index contributed by atoms with van der Waals surface area (Å²) in [7, 11) is 0. The van der Waals surface area contributed by atoms with E-state index in [0.717, 1.165) is 22.0 Å². The van der Waals surface area contributed by atoms with Crippen molar-refractivity contribution in [2.45, 2.75) is 20.4 Å². The van der Waals surface area contributed by atoms with Gasteiger partial charge in [0.25, 0.3) is 0 Å². The lowest BCUT2D eigenvalue weighted by Crippen LogP contribution is -2.05. The maximum absolute atomic E-state index is 6.21. The Kier molecular flexibility index (Phi) is 4.73. The third kappa shape index (κ3) is 3.27. The Labute approximate surface area is 142 Å². The first-order valence-electron chi connectivity index (χ1n) is 7.83. The molecule has 0 aromatic heterocycles. The van der Waals surface area contributed by atoms with Crippen LogP contribution in [0.1, 0.15) is 18.1 Å². The zero-order chi connectivity index (χ0) is 16.2. The minimum atomic E-state index is 0.654. The van der Waals surface area contributed by atoms with Gasteiger partial charge in [-0.25, -0.2) is 0 Å². The van der Waals surface area contributed by atoms with E-state index in [1.165, 1.54) is 16.3 Å². The highest BCUT2D eigenvalue weighted by molar-refractivity contribution is 6.31. The monoisotopic (exact) mass is 325 g/mol. The van der Waals surface area contributed by atoms with Gasteiger partial charge in [0.1, 0.15) is 5.75 Å². The first-order valence-corrected chi connectivity index (χ1v) is 8.21. The molecule has 0 aliphatic carbocycles. The number of halogens is 1. The summed E-state index contributed by atoms with van der Waals surface area (Å²) < 4.78 is 5.82. The molecule has 0 heterocycles. The number of fused-ring (bicyclic) bond motifs is 1. The van der Waals surface area contributed by atoms with Crippen molar-refractivity contribution in [3.63, 3.8) is 0 Å². The van der Waals surface area contributed by atoms with E-state index in [0.29, 0.717) is 13.2 Å². The van der Waals surface area contributed by atoms with Crippen LogP contribution in [0.4, 0.5) is 5.69 Å². The predicted octanol–water partition coefficient (Wildman–Crippen LogP) is 5.81. The lowest BCUT2D eigenvalue weighted by atomic mass is 10.0. The topological polar surface area (TPSA) is 21.3 Å². The van der Waals surface area contributed by atoms with Crippen molar-refractivity contribution in [1.29, 1.82) is 0 Å². The van der Waals surface area contributed by atoms with Gasteiger partial charge in [-0.1, -0.05) is 48.0 Å². The van der Waals surface area contributed by atoms with E-state index in [1.54, 1.807) is 0 Å². The number of anilines is 1. The molecular weight excluding hydrogens is 306 g/mol. The highest BCUT2D eigenvalue weighted by Crippen LogP contribution is 2.30. The van der Waals surface area contributed by atoms with Crippen molar-refractivity contribution < 1.29 is 4.74 Å². The van der Waals surface area contributed by atoms with E-state index < -0.39 is 0 Å². The molecule has 3 rings (SSSR count). The number of nitrogens with one attached hydrogen (secondary N) is 1. The van der Waals surface area contributed by atoms with E-state index >= 15 is 0 Å². The second-order valence-corrected chi connectivity index (χ2v) is 5.87. The fourth-order valence-corrected chi connectivity index (χ4v) is 2.95. The Balaban J connectivity index is 1.97. The quantitative estimate of drug-likeness (QED) is 0.639. The molecule has 0 saturated carbocycles. The van der Waals surface area contributed by atoms with Crippen LogP contribution in [0.2, 0.25) is 5.02 Å². The second-order valence-electron chi connectivity index (χ2n) is 5.46. The largest absolute Gasteiger partial charge is 0.494 e. The summed E-state index contributed by atoms with van der Waals surface area (Å²) in [6.45, 7) is 5.38. The molecular formula is C20H20ClNO. The zero-order valence-electron chi connectivity index (χ0n) is 13.4. The molecule has 118 valence electrons. The van der Waals surface area contributed by atoms with Crippen LogP contribution in [-0.4, -0.2) is 6.61 Å². The number of hydrogen-bond acceptors (Lipinski definition) is 2. The summed E-state index contributed by atoms with van der Waals surface area (Å²) in [4.78, 5) is 0. The van der Waals surface area contributed by atoms with Gasteiger partial charge in [0, 0.05) is 22.8 Å². The lowest BCUT2D eigenvalue weighted by Gasteiger charge is -2.16. The van der Waals surface area contributed by atoms with E-state index in [4.69, 9.17) is 16.3 Å². The molecule has 3 aromatic carbocycles. The molecule has 0 saturated heterocycles. The summed E-state index contributed by atoms with van der Waals surface area (Å²) in [6.07, 6.45) is 0. The molecule has 2 nitrogen and oxygen atoms in total. The molecule has 0 aliphatic heterocycles. The Morgan fingerprint density at radius 1 is 1.00 bits per heavy atom. The fourth-order valence-electron chi connectivity index (χ4n) is 2.77. The number of hydrogen-bond donors (Lipinski definition) is 1. The summed E-state index contributed by atoms with van der Waals surface area (Å²) in [6, 6.07) is 18.5. The highest BCUT2D eigenvalue weighted by Gasteiger charge is 2.09. The van der Waals surface area contributed by atoms with Gasteiger partial charge < -0.3 is 10.1 Å². The van der Waals surface area contributed by atoms with Crippen LogP contribution in [-0.2, 0) is 6.54 Å². The molecule has 3 aromatic rings. The smallest absolute Gasteiger partial charge is 0.124 e. The Bertz CT molecular complexity index is 829. The first-order chi connectivity index (χ1) is 11.2. The van der Waals surface area contributed by atoms with Crippen LogP contribution in [0.3, 0.4) is 0 Å². The molecule has 0 bridgehead atoms. The van der Waals surface area contributed by atoms with Crippen molar-refractivity contribution in [2.24, 2.45) is 0 Å². The molecule has 1 N–H and O–H groups in total. The van der Waals surface area contributed by atoms with Gasteiger partial charge in [-0.2, -0.15) is 0 Å². The molecule has 23 heavy (non-hydrogen) atoms. The normalized spacial score (nSPS) is 10.7. The minimum absolute atomic E-state index is 0.654. The zero-order valence-corrected chi connectivity index (χ0v) is 14.2. The average Bonchev–Trinajstić information content (AvgIpc) is 2.57. The molecule has 3 heteroatoms. The van der Waals surface area contributed by atoms with Gasteiger partial charge in [-0.3, -0.25) is 0 Å². The van der Waals surface area contributed by atoms with Crippen molar-refractivity contribution in [3.05, 3.63) is 70.7 Å². The molecule has 0 unspecified atom stereocenters. The van der Waals surface area contributed by atoms with Crippen molar-refractivity contribution in [1.82, 2.24) is 0 Å². The van der Waals surface area contributed by atoms with E-state index in [9.17, 15) is 0 Å². The summed E-state index contributed by atoms with van der Waals surface area (Å²) in [5.41, 5.74) is 3.28. The van der Waals surface area contributed by atoms with Crippen LogP contribution in [0.15, 0.2) is 54.6 Å². The summed E-state index contributed by atoms with van der Waals surface area (Å²) in [5.74, 6) is 0.929. The van der Waals surface area contributed by atoms with Crippen molar-refractivity contribution >= 4 is 28.1 Å². The van der Waals surface area contributed by atoms with Gasteiger partial charge in [0.05, 0.1) is 6.61 Å². The van der Waals surface area contributed by atoms with Gasteiger partial charge >= 0.3 is 0 Å². The fraction of sp³-hybridized carbons (Fsp3) is 0.200. The SMILES string of the molecule is CCOc1ccc2ccccc2c1CNc1cccc(Cl)c1C. The molecule has 0 fully saturated rings. The third-order valence-electron chi connectivity index (χ3n) is 4.02. The van der Waals surface area contributed by atoms with Crippen molar-refractivity contribution in [2.75, 3.05) is 11.9 Å². The Morgan fingerprint density at radius 3 is 2.65 bits per heavy atom. The predicted molar refractivity (Wildman–Crippen MR) is 98.6 cm³/mol. The number of ether oxygens (including phenoxy) is 1. The van der Waals surface area contributed by atoms with Gasteiger partial charge in [-0.15, -0.1) is 0 Å². The average molecular weight is 326 g/mol. The Morgan fingerprint density at radius 2 is 1.83 bits per heavy atom. The molecule has 0 radical (unpaired) electrons. The van der Waals surface area contributed by atoms with E-state index in [-0.39, 0.29) is 0 Å². The van der Waals surface area contributed by atoms with E-state index in [2.05, 4.69) is 35.6 Å². The maximum atomic E-state index is 6.21. The van der Waals surface area contributed by atoms with Gasteiger partial charge in [0.15, 0.2) is 0 Å². The van der Waals surface area contributed by atoms with Crippen molar-refractivity contribution in [3.8, 4) is 5.75 Å². The van der Waals surface area contributed by atoms with Crippen LogP contribution >= 0.6 is 11.6 Å². The first kappa shape index (κ1) is 15.7. The summed E-state index contributed by atoms with van der Waals surface area (Å²) in [5, 5.41) is 6.70. The molecule has 0 atom stereocenters. The minimum Gasteiger partial charge on any atom is -0.494 e. The number of benzene rings is 3. The van der Waals surface area contributed by atoms with Crippen LogP contribution < -0.4 is 10.1 Å². The molecule has 0 aliphatic rings. The molecule has 0 spiro atoms. The second kappa shape index (κ2) is 6.93. The highest BCUT2D eigenvalue weighted by atomic mass is 35.5. The summed E-state index contributed by atoms with van der Waals surface area (Å²) >= 11 is 6.21. The van der Waals surface area contributed by atoms with Crippen LogP contribution in [0.25, 0.3) is 10.8 Å². The lowest BCUT2D eigenvalue weighted by molar-refractivity contribution is 0.337. The molecule has 0 amide bonds. The number of rotatable bonds is 5. The van der Waals surface area contributed by atoms with Crippen LogP contribution in [0.5, 0.6) is 5.75 Å². The standard InChI is InChI=1S/C20H20ClNO/c1-3-23-20-12-11-15-7-4-5-8-16(15)17(20)13-22-19-10-6-9-18(21)14(19)2/h4-12,22H,3,13H2,1-2H3. The van der Waals surface area contributed by atoms with Crippen LogP contribution in [0, 0.1) is 6.92 Å². The van der Waals surface area contributed by atoms with Gasteiger partial charge in [0.2, 0.25) is 0 Å². The third-order valence-corrected chi connectivity index (χ3v) is 4.43. The van der Waals surface area contributed by atoms with Gasteiger partial charge in [-0.05, 0) is 48.4 Å².